The molecule has 0 unspecified atom stereocenters. The summed E-state index contributed by atoms with van der Waals surface area (Å²) >= 11 is 0.604. The van der Waals surface area contributed by atoms with Gasteiger partial charge in [0.15, 0.2) is 5.82 Å². The lowest BCUT2D eigenvalue weighted by Crippen LogP contribution is -2.54. The molecule has 5 heterocycles. The predicted octanol–water partition coefficient (Wildman–Crippen LogP) is 3.49. The first-order valence-corrected chi connectivity index (χ1v) is 14.2. The van der Waals surface area contributed by atoms with E-state index in [2.05, 4.69) is 29.9 Å². The number of rotatable bonds is 5. The third-order valence-corrected chi connectivity index (χ3v) is 8.56. The van der Waals surface area contributed by atoms with E-state index in [1.54, 1.807) is 23.4 Å². The smallest absolute Gasteiger partial charge is 0.378 e. The Morgan fingerprint density at radius 2 is 1.88 bits per heavy atom. The van der Waals surface area contributed by atoms with Crippen LogP contribution in [-0.2, 0) is 22.3 Å². The third kappa shape index (κ3) is 5.47. The van der Waals surface area contributed by atoms with Gasteiger partial charge in [-0.1, -0.05) is 11.3 Å². The van der Waals surface area contributed by atoms with Crippen LogP contribution in [0.1, 0.15) is 23.6 Å². The van der Waals surface area contributed by atoms with Crippen molar-refractivity contribution in [2.45, 2.75) is 39.5 Å². The number of benzene rings is 1. The largest absolute Gasteiger partial charge is 0.443 e. The summed E-state index contributed by atoms with van der Waals surface area (Å²) in [5.74, 6) is 1.41. The second-order valence-electron chi connectivity index (χ2n) is 10.3. The molecule has 15 heteroatoms. The molecule has 0 saturated carbocycles. The molecule has 1 N–H and O–H groups in total. The molecule has 218 valence electrons. The highest BCUT2D eigenvalue weighted by molar-refractivity contribution is 7.16. The maximum Gasteiger partial charge on any atom is 0.443 e. The van der Waals surface area contributed by atoms with E-state index in [9.17, 15) is 18.0 Å². The van der Waals surface area contributed by atoms with Crippen LogP contribution in [0.2, 0.25) is 0 Å². The zero-order chi connectivity index (χ0) is 28.9. The average Bonchev–Trinajstić information content (AvgIpc) is 3.64. The Balaban J connectivity index is 1.26. The van der Waals surface area contributed by atoms with Crippen LogP contribution >= 0.6 is 11.3 Å². The number of aromatic nitrogens is 6. The van der Waals surface area contributed by atoms with E-state index in [0.717, 1.165) is 24.3 Å². The van der Waals surface area contributed by atoms with Crippen molar-refractivity contribution in [2.75, 3.05) is 55.7 Å². The van der Waals surface area contributed by atoms with Gasteiger partial charge in [-0.3, -0.25) is 4.79 Å². The molecule has 0 spiro atoms. The Labute approximate surface area is 237 Å². The van der Waals surface area contributed by atoms with Gasteiger partial charge in [0.1, 0.15) is 28.9 Å². The van der Waals surface area contributed by atoms with Gasteiger partial charge in [-0.15, -0.1) is 0 Å². The molecule has 1 aromatic carbocycles. The lowest BCUT2D eigenvalue weighted by Gasteiger charge is -2.40. The summed E-state index contributed by atoms with van der Waals surface area (Å²) in [6.45, 7) is 9.41. The number of halogens is 3. The fourth-order valence-electron chi connectivity index (χ4n) is 5.37. The summed E-state index contributed by atoms with van der Waals surface area (Å²) in [4.78, 5) is 35.0. The van der Waals surface area contributed by atoms with Crippen molar-refractivity contribution in [1.29, 1.82) is 0 Å². The van der Waals surface area contributed by atoms with Crippen molar-refractivity contribution in [1.82, 2.24) is 34.6 Å². The first-order chi connectivity index (χ1) is 19.6. The quantitative estimate of drug-likeness (QED) is 0.377. The molecule has 2 saturated heterocycles. The van der Waals surface area contributed by atoms with E-state index in [-0.39, 0.29) is 30.0 Å². The van der Waals surface area contributed by atoms with Gasteiger partial charge < -0.3 is 24.4 Å². The number of nitrogens with one attached hydrogen (secondary N) is 1. The van der Waals surface area contributed by atoms with Gasteiger partial charge in [0.05, 0.1) is 24.2 Å². The topological polar surface area (TPSA) is 108 Å². The van der Waals surface area contributed by atoms with Gasteiger partial charge in [-0.2, -0.15) is 18.3 Å². The molecular formula is C26H30F3N9O2S. The van der Waals surface area contributed by atoms with E-state index in [4.69, 9.17) is 4.74 Å². The number of anilines is 2. The average molecular weight is 590 g/mol. The number of thiazole rings is 1. The zero-order valence-corrected chi connectivity index (χ0v) is 23.7. The molecule has 1 atom stereocenters. The number of imidazole rings is 1. The minimum absolute atomic E-state index is 0.0620. The fourth-order valence-corrected chi connectivity index (χ4v) is 6.34. The standard InChI is InChI=1S/C26H30F3N9O2S/c1-15-13-36(6-7-37(15)21(39)14-38-17(3)30-16(2)34-38)24-22(33-25(41-24)26(27,28)29)23-31-19-5-4-18(12-20(19)32-23)35-8-10-40-11-9-35/h4-5,12,15H,6-11,13-14H2,1-3H3,(H,31,32)/t15-/m1/s1. The number of H-pyrrole nitrogens is 1. The van der Waals surface area contributed by atoms with Crippen LogP contribution in [0.4, 0.5) is 23.9 Å². The minimum atomic E-state index is -4.59. The number of morpholine rings is 1. The van der Waals surface area contributed by atoms with Crippen molar-refractivity contribution in [3.63, 3.8) is 0 Å². The third-order valence-electron chi connectivity index (χ3n) is 7.40. The summed E-state index contributed by atoms with van der Waals surface area (Å²) in [6, 6.07) is 5.54. The SMILES string of the molecule is Cc1nc(C)n(CC(=O)N2CCN(c3sc(C(F)(F)F)nc3-c3nc4ccc(N5CCOCC5)cc4[nH]3)C[C@H]2C)n1. The Bertz CT molecular complexity index is 1570. The van der Waals surface area contributed by atoms with E-state index in [1.807, 2.05) is 30.0 Å². The number of alkyl halides is 3. The molecule has 2 fully saturated rings. The Morgan fingerprint density at radius 3 is 2.56 bits per heavy atom. The number of fused-ring (bicyclic) bond motifs is 1. The molecule has 0 aliphatic carbocycles. The number of ether oxygens (including phenoxy) is 1. The lowest BCUT2D eigenvalue weighted by molar-refractivity contribution is -0.137. The Morgan fingerprint density at radius 1 is 1.10 bits per heavy atom. The summed E-state index contributed by atoms with van der Waals surface area (Å²) in [6.07, 6.45) is -4.59. The zero-order valence-electron chi connectivity index (χ0n) is 22.9. The van der Waals surface area contributed by atoms with Crippen LogP contribution in [0.15, 0.2) is 18.2 Å². The van der Waals surface area contributed by atoms with E-state index >= 15 is 0 Å². The molecule has 0 bridgehead atoms. The van der Waals surface area contributed by atoms with E-state index in [1.165, 1.54) is 0 Å². The molecule has 11 nitrogen and oxygen atoms in total. The van der Waals surface area contributed by atoms with Crippen molar-refractivity contribution >= 4 is 39.0 Å². The number of carbonyl (C=O) groups is 1. The van der Waals surface area contributed by atoms with Crippen molar-refractivity contribution < 1.29 is 22.7 Å². The highest BCUT2D eigenvalue weighted by Gasteiger charge is 2.39. The molecule has 0 radical (unpaired) electrons. The first kappa shape index (κ1) is 27.4. The van der Waals surface area contributed by atoms with Gasteiger partial charge in [0.2, 0.25) is 10.9 Å². The van der Waals surface area contributed by atoms with Gasteiger partial charge in [0, 0.05) is 44.5 Å². The number of aromatic amines is 1. The minimum Gasteiger partial charge on any atom is -0.378 e. The first-order valence-electron chi connectivity index (χ1n) is 13.4. The van der Waals surface area contributed by atoms with Gasteiger partial charge in [-0.05, 0) is 39.0 Å². The van der Waals surface area contributed by atoms with Crippen LogP contribution in [0, 0.1) is 13.8 Å². The van der Waals surface area contributed by atoms with Gasteiger partial charge in [-0.25, -0.2) is 19.6 Å². The number of hydrogen-bond donors (Lipinski definition) is 1. The van der Waals surface area contributed by atoms with Gasteiger partial charge in [0.25, 0.3) is 0 Å². The molecule has 3 aromatic heterocycles. The maximum absolute atomic E-state index is 13.8. The summed E-state index contributed by atoms with van der Waals surface area (Å²) < 4.78 is 48.5. The van der Waals surface area contributed by atoms with Crippen LogP contribution in [-0.4, -0.2) is 92.5 Å². The van der Waals surface area contributed by atoms with Crippen LogP contribution < -0.4 is 9.80 Å². The highest BCUT2D eigenvalue weighted by atomic mass is 32.1. The van der Waals surface area contributed by atoms with E-state index < -0.39 is 11.2 Å². The highest BCUT2D eigenvalue weighted by Crippen LogP contribution is 2.43. The number of carbonyl (C=O) groups excluding carboxylic acids is 1. The number of hydrogen-bond acceptors (Lipinski definition) is 9. The number of piperazine rings is 1. The lowest BCUT2D eigenvalue weighted by atomic mass is 10.2. The number of aryl methyl sites for hydroxylation is 2. The van der Waals surface area contributed by atoms with Crippen LogP contribution in [0.5, 0.6) is 0 Å². The van der Waals surface area contributed by atoms with Crippen molar-refractivity contribution in [2.24, 2.45) is 0 Å². The predicted molar refractivity (Wildman–Crippen MR) is 148 cm³/mol. The summed E-state index contributed by atoms with van der Waals surface area (Å²) in [5.41, 5.74) is 2.52. The molecular weight excluding hydrogens is 559 g/mol. The second kappa shape index (κ2) is 10.6. The molecule has 41 heavy (non-hydrogen) atoms. The fraction of sp³-hybridized carbons (Fsp3) is 0.500. The summed E-state index contributed by atoms with van der Waals surface area (Å²) in [7, 11) is 0. The molecule has 2 aliphatic rings. The molecule has 6 rings (SSSR count). The monoisotopic (exact) mass is 589 g/mol. The Hall–Kier alpha value is -3.72. The van der Waals surface area contributed by atoms with E-state index in [0.29, 0.717) is 66.4 Å². The normalized spacial score (nSPS) is 18.5. The molecule has 2 aliphatic heterocycles. The van der Waals surface area contributed by atoms with Crippen molar-refractivity contribution in [3.05, 3.63) is 34.9 Å². The number of amides is 1. The van der Waals surface area contributed by atoms with Crippen LogP contribution in [0.25, 0.3) is 22.6 Å². The number of nitrogens with zero attached hydrogens (tertiary/aromatic N) is 8. The maximum atomic E-state index is 13.8. The van der Waals surface area contributed by atoms with Crippen molar-refractivity contribution in [3.8, 4) is 11.5 Å². The molecule has 4 aromatic rings. The van der Waals surface area contributed by atoms with Crippen LogP contribution in [0.3, 0.4) is 0 Å². The summed E-state index contributed by atoms with van der Waals surface area (Å²) in [5, 5.41) is 3.72. The Kier molecular flexibility index (Phi) is 7.09. The molecule has 1 amide bonds. The van der Waals surface area contributed by atoms with Gasteiger partial charge >= 0.3 is 6.18 Å². The second-order valence-corrected chi connectivity index (χ2v) is 11.3.